The van der Waals surface area contributed by atoms with Crippen molar-refractivity contribution >= 4 is 27.5 Å². The zero-order valence-electron chi connectivity index (χ0n) is 21.8. The maximum atomic E-state index is 14.9. The van der Waals surface area contributed by atoms with E-state index in [4.69, 9.17) is 4.74 Å². The average molecular weight is 542 g/mol. The van der Waals surface area contributed by atoms with Crippen molar-refractivity contribution in [1.29, 1.82) is 0 Å². The molecule has 0 radical (unpaired) electrons. The standard InChI is InChI=1S/C28H32FN3O5S/c1-20(2)30-28(34)21(3)31(18-22-11-10-12-23(17-22)37-4)27(33)19-32(26-16-9-8-15-25(26)29)38(35,36)24-13-6-5-7-14-24/h5-17,20-21H,18-19H2,1-4H3,(H,30,34)/t21-/m0/s1. The minimum atomic E-state index is -4.33. The van der Waals surface area contributed by atoms with E-state index >= 15 is 0 Å². The fourth-order valence-corrected chi connectivity index (χ4v) is 5.29. The molecule has 202 valence electrons. The molecule has 0 aliphatic heterocycles. The van der Waals surface area contributed by atoms with E-state index in [1.807, 2.05) is 0 Å². The van der Waals surface area contributed by atoms with Gasteiger partial charge in [-0.25, -0.2) is 12.8 Å². The zero-order valence-corrected chi connectivity index (χ0v) is 22.6. The van der Waals surface area contributed by atoms with E-state index in [0.717, 1.165) is 10.4 Å². The SMILES string of the molecule is COc1cccc(CN(C(=O)CN(c2ccccc2F)S(=O)(=O)c2ccccc2)[C@@H](C)C(=O)NC(C)C)c1. The lowest BCUT2D eigenvalue weighted by Gasteiger charge is -2.32. The highest BCUT2D eigenvalue weighted by Crippen LogP contribution is 2.27. The Labute approximate surface area is 223 Å². The van der Waals surface area contributed by atoms with Crippen LogP contribution in [-0.4, -0.2) is 50.9 Å². The monoisotopic (exact) mass is 541 g/mol. The number of para-hydroxylation sites is 1. The van der Waals surface area contributed by atoms with Gasteiger partial charge in [0.1, 0.15) is 24.2 Å². The number of anilines is 1. The summed E-state index contributed by atoms with van der Waals surface area (Å²) in [6, 6.07) is 18.7. The molecule has 0 saturated heterocycles. The Hall–Kier alpha value is -3.92. The van der Waals surface area contributed by atoms with Crippen LogP contribution in [0.5, 0.6) is 5.75 Å². The molecule has 10 heteroatoms. The van der Waals surface area contributed by atoms with Gasteiger partial charge in [-0.3, -0.25) is 13.9 Å². The third kappa shape index (κ3) is 6.89. The summed E-state index contributed by atoms with van der Waals surface area (Å²) in [4.78, 5) is 27.9. The zero-order chi connectivity index (χ0) is 27.9. The number of nitrogens with zero attached hydrogens (tertiary/aromatic N) is 2. The van der Waals surface area contributed by atoms with Crippen LogP contribution in [0.25, 0.3) is 0 Å². The van der Waals surface area contributed by atoms with E-state index in [2.05, 4.69) is 5.32 Å². The number of methoxy groups -OCH3 is 1. The first kappa shape index (κ1) is 28.6. The molecule has 0 heterocycles. The molecule has 0 aliphatic rings. The van der Waals surface area contributed by atoms with Gasteiger partial charge in [-0.15, -0.1) is 0 Å². The topological polar surface area (TPSA) is 96.0 Å². The minimum Gasteiger partial charge on any atom is -0.497 e. The Morgan fingerprint density at radius 2 is 1.61 bits per heavy atom. The fourth-order valence-electron chi connectivity index (χ4n) is 3.84. The first-order valence-corrected chi connectivity index (χ1v) is 13.5. The Morgan fingerprint density at radius 1 is 0.947 bits per heavy atom. The number of hydrogen-bond donors (Lipinski definition) is 1. The smallest absolute Gasteiger partial charge is 0.264 e. The normalized spacial score (nSPS) is 12.1. The third-order valence-corrected chi connectivity index (χ3v) is 7.59. The summed E-state index contributed by atoms with van der Waals surface area (Å²) in [5, 5.41) is 2.79. The lowest BCUT2D eigenvalue weighted by atomic mass is 10.1. The van der Waals surface area contributed by atoms with Crippen LogP contribution in [0.2, 0.25) is 0 Å². The molecule has 3 rings (SSSR count). The third-order valence-electron chi connectivity index (χ3n) is 5.82. The van der Waals surface area contributed by atoms with Gasteiger partial charge in [0, 0.05) is 12.6 Å². The van der Waals surface area contributed by atoms with Gasteiger partial charge < -0.3 is 15.0 Å². The molecule has 0 saturated carbocycles. The molecule has 8 nitrogen and oxygen atoms in total. The molecule has 0 spiro atoms. The number of sulfonamides is 1. The summed E-state index contributed by atoms with van der Waals surface area (Å²) in [6.07, 6.45) is 0. The highest BCUT2D eigenvalue weighted by atomic mass is 32.2. The van der Waals surface area contributed by atoms with Crippen LogP contribution in [0.15, 0.2) is 83.8 Å². The fraction of sp³-hybridized carbons (Fsp3) is 0.286. The number of carbonyl (C=O) groups excluding carboxylic acids is 2. The van der Waals surface area contributed by atoms with Crippen molar-refractivity contribution in [2.75, 3.05) is 18.0 Å². The predicted molar refractivity (Wildman–Crippen MR) is 144 cm³/mol. The molecule has 3 aromatic carbocycles. The molecule has 0 aliphatic carbocycles. The van der Waals surface area contributed by atoms with Gasteiger partial charge >= 0.3 is 0 Å². The maximum absolute atomic E-state index is 14.9. The van der Waals surface area contributed by atoms with Crippen LogP contribution < -0.4 is 14.4 Å². The number of amides is 2. The molecule has 0 aromatic heterocycles. The van der Waals surface area contributed by atoms with E-state index in [9.17, 15) is 22.4 Å². The number of carbonyl (C=O) groups is 2. The first-order chi connectivity index (χ1) is 18.0. The Bertz CT molecular complexity index is 1370. The summed E-state index contributed by atoms with van der Waals surface area (Å²) in [5.41, 5.74) is 0.399. The van der Waals surface area contributed by atoms with Crippen LogP contribution in [-0.2, 0) is 26.2 Å². The average Bonchev–Trinajstić information content (AvgIpc) is 2.90. The molecule has 0 fully saturated rings. The quantitative estimate of drug-likeness (QED) is 0.396. The van der Waals surface area contributed by atoms with E-state index < -0.39 is 40.2 Å². The van der Waals surface area contributed by atoms with Crippen molar-refractivity contribution in [3.8, 4) is 5.75 Å². The molecule has 3 aromatic rings. The molecule has 38 heavy (non-hydrogen) atoms. The lowest BCUT2D eigenvalue weighted by Crippen LogP contribution is -2.52. The Kier molecular flexibility index (Phi) is 9.46. The maximum Gasteiger partial charge on any atom is 0.264 e. The van der Waals surface area contributed by atoms with Gasteiger partial charge in [-0.05, 0) is 62.7 Å². The van der Waals surface area contributed by atoms with Gasteiger partial charge in [0.15, 0.2) is 0 Å². The molecule has 2 amide bonds. The highest BCUT2D eigenvalue weighted by Gasteiger charge is 2.33. The van der Waals surface area contributed by atoms with Gasteiger partial charge in [-0.2, -0.15) is 0 Å². The number of nitrogens with one attached hydrogen (secondary N) is 1. The summed E-state index contributed by atoms with van der Waals surface area (Å²) in [6.45, 7) is 4.44. The van der Waals surface area contributed by atoms with Crippen molar-refractivity contribution in [3.63, 3.8) is 0 Å². The second kappa shape index (κ2) is 12.6. The van der Waals surface area contributed by atoms with Gasteiger partial charge in [0.05, 0.1) is 17.7 Å². The van der Waals surface area contributed by atoms with E-state index in [1.54, 1.807) is 63.2 Å². The van der Waals surface area contributed by atoms with Crippen molar-refractivity contribution in [1.82, 2.24) is 10.2 Å². The largest absolute Gasteiger partial charge is 0.497 e. The van der Waals surface area contributed by atoms with Gasteiger partial charge in [0.2, 0.25) is 11.8 Å². The van der Waals surface area contributed by atoms with Gasteiger partial charge in [0.25, 0.3) is 10.0 Å². The lowest BCUT2D eigenvalue weighted by molar-refractivity contribution is -0.139. The van der Waals surface area contributed by atoms with Crippen LogP contribution in [0.1, 0.15) is 26.3 Å². The summed E-state index contributed by atoms with van der Waals surface area (Å²) in [7, 11) is -2.81. The second-order valence-corrected chi connectivity index (χ2v) is 10.9. The Morgan fingerprint density at radius 3 is 2.24 bits per heavy atom. The van der Waals surface area contributed by atoms with Gasteiger partial charge in [-0.1, -0.05) is 42.5 Å². The summed E-state index contributed by atoms with van der Waals surface area (Å²) < 4.78 is 48.2. The van der Waals surface area contributed by atoms with E-state index in [0.29, 0.717) is 11.3 Å². The minimum absolute atomic E-state index is 0.000782. The van der Waals surface area contributed by atoms with Crippen LogP contribution in [0, 0.1) is 5.82 Å². The summed E-state index contributed by atoms with van der Waals surface area (Å²) >= 11 is 0. The van der Waals surface area contributed by atoms with Crippen molar-refractivity contribution in [2.45, 2.75) is 44.3 Å². The van der Waals surface area contributed by atoms with Crippen LogP contribution in [0.4, 0.5) is 10.1 Å². The van der Waals surface area contributed by atoms with E-state index in [-0.39, 0.29) is 23.2 Å². The molecule has 0 unspecified atom stereocenters. The van der Waals surface area contributed by atoms with Crippen molar-refractivity contribution in [2.24, 2.45) is 0 Å². The molecule has 1 atom stereocenters. The first-order valence-electron chi connectivity index (χ1n) is 12.1. The van der Waals surface area contributed by atoms with Crippen molar-refractivity contribution < 1.29 is 27.1 Å². The number of halogens is 1. The van der Waals surface area contributed by atoms with E-state index in [1.165, 1.54) is 42.3 Å². The highest BCUT2D eigenvalue weighted by molar-refractivity contribution is 7.92. The predicted octanol–water partition coefficient (Wildman–Crippen LogP) is 3.97. The molecule has 1 N–H and O–H groups in total. The molecular formula is C28H32FN3O5S. The number of ether oxygens (including phenoxy) is 1. The number of hydrogen-bond acceptors (Lipinski definition) is 5. The number of benzene rings is 3. The Balaban J connectivity index is 2.04. The summed E-state index contributed by atoms with van der Waals surface area (Å²) in [5.74, 6) is -1.32. The molecule has 0 bridgehead atoms. The molecular weight excluding hydrogens is 509 g/mol. The van der Waals surface area contributed by atoms with Crippen LogP contribution >= 0.6 is 0 Å². The van der Waals surface area contributed by atoms with Crippen molar-refractivity contribution in [3.05, 3.63) is 90.2 Å². The van der Waals surface area contributed by atoms with Crippen LogP contribution in [0.3, 0.4) is 0 Å². The second-order valence-electron chi connectivity index (χ2n) is 8.99. The number of rotatable bonds is 11.